The summed E-state index contributed by atoms with van der Waals surface area (Å²) in [6.07, 6.45) is -1.70. The normalized spacial score (nSPS) is 11.2. The minimum Gasteiger partial charge on any atom is -0.406 e. The average Bonchev–Trinajstić information content (AvgIpc) is 3.27. The second kappa shape index (κ2) is 10.4. The molecular weight excluding hydrogens is 499 g/mol. The molecule has 0 aliphatic rings. The largest absolute Gasteiger partial charge is 0.573 e. The van der Waals surface area contributed by atoms with Crippen molar-refractivity contribution in [2.45, 2.75) is 17.3 Å². The zero-order chi connectivity index (χ0) is 25.7. The number of nitrogens with one attached hydrogen (secondary N) is 1. The minimum atomic E-state index is -4.83. The fraction of sp³-hybridized carbons (Fsp3) is 0.0909. The molecule has 4 rings (SSSR count). The number of amides is 2. The highest BCUT2D eigenvalue weighted by Gasteiger charge is 2.31. The van der Waals surface area contributed by atoms with E-state index in [-0.39, 0.29) is 17.0 Å². The summed E-state index contributed by atoms with van der Waals surface area (Å²) < 4.78 is 42.7. The Bertz CT molecular complexity index is 1360. The molecule has 0 bridgehead atoms. The van der Waals surface area contributed by atoms with Crippen molar-refractivity contribution in [3.8, 4) is 11.4 Å². The molecule has 0 saturated carbocycles. The zero-order valence-electron chi connectivity index (χ0n) is 18.1. The van der Waals surface area contributed by atoms with Gasteiger partial charge in [-0.3, -0.25) is 9.59 Å². The maximum Gasteiger partial charge on any atom is 0.573 e. The average molecular weight is 515 g/mol. The van der Waals surface area contributed by atoms with Crippen LogP contribution < -0.4 is 15.8 Å². The number of nitrogens with two attached hydrogens (primary N) is 1. The van der Waals surface area contributed by atoms with Gasteiger partial charge in [-0.15, -0.1) is 18.3 Å². The van der Waals surface area contributed by atoms with Gasteiger partial charge < -0.3 is 15.8 Å². The van der Waals surface area contributed by atoms with Gasteiger partial charge in [0, 0.05) is 29.4 Å². The Kier molecular flexibility index (Phi) is 7.15. The summed E-state index contributed by atoms with van der Waals surface area (Å²) in [4.78, 5) is 32.5. The standard InChI is InChI=1S/C22H16F3N7O3S/c23-22(24,25)35-16-8-6-15(7-9-16)32-17(12-36-21-27-10-1-11-28-21)18(30-31-32)20(34)29-14-4-2-13(3-5-14)19(26)33/h1-11H,12H2,(H2,26,33)(H,29,34). The van der Waals surface area contributed by atoms with Crippen molar-refractivity contribution in [1.29, 1.82) is 0 Å². The third kappa shape index (κ3) is 6.15. The van der Waals surface area contributed by atoms with Gasteiger partial charge in [0.15, 0.2) is 10.9 Å². The number of ether oxygens (including phenoxy) is 1. The second-order valence-corrected chi connectivity index (χ2v) is 8.00. The van der Waals surface area contributed by atoms with Gasteiger partial charge in [-0.05, 0) is 54.6 Å². The van der Waals surface area contributed by atoms with Crippen molar-refractivity contribution in [2.75, 3.05) is 5.32 Å². The van der Waals surface area contributed by atoms with Crippen LogP contribution in [0.25, 0.3) is 5.69 Å². The lowest BCUT2D eigenvalue weighted by Crippen LogP contribution is -2.17. The highest BCUT2D eigenvalue weighted by molar-refractivity contribution is 7.98. The molecule has 3 N–H and O–H groups in total. The van der Waals surface area contributed by atoms with Crippen molar-refractivity contribution in [3.63, 3.8) is 0 Å². The number of carbonyl (C=O) groups excluding carboxylic acids is 2. The van der Waals surface area contributed by atoms with Crippen molar-refractivity contribution in [1.82, 2.24) is 25.0 Å². The molecule has 0 saturated heterocycles. The fourth-order valence-electron chi connectivity index (χ4n) is 3.00. The highest BCUT2D eigenvalue weighted by Crippen LogP contribution is 2.26. The number of thioether (sulfide) groups is 1. The summed E-state index contributed by atoms with van der Waals surface area (Å²) in [7, 11) is 0. The first kappa shape index (κ1) is 24.7. The maximum atomic E-state index is 13.0. The topological polar surface area (TPSA) is 138 Å². The first-order valence-corrected chi connectivity index (χ1v) is 11.1. The second-order valence-electron chi connectivity index (χ2n) is 7.05. The number of anilines is 1. The van der Waals surface area contributed by atoms with Crippen LogP contribution in [0.1, 0.15) is 26.5 Å². The number of alkyl halides is 3. The molecule has 0 fully saturated rings. The SMILES string of the molecule is NC(=O)c1ccc(NC(=O)c2nnn(-c3ccc(OC(F)(F)F)cc3)c2CSc2ncccn2)cc1. The molecule has 0 atom stereocenters. The van der Waals surface area contributed by atoms with Crippen LogP contribution >= 0.6 is 11.8 Å². The lowest BCUT2D eigenvalue weighted by molar-refractivity contribution is -0.274. The van der Waals surface area contributed by atoms with Crippen LogP contribution in [-0.4, -0.2) is 43.1 Å². The molecule has 0 spiro atoms. The number of primary amides is 1. The number of aromatic nitrogens is 5. The number of halogens is 3. The van der Waals surface area contributed by atoms with Crippen LogP contribution in [0.15, 0.2) is 72.1 Å². The van der Waals surface area contributed by atoms with E-state index in [1.165, 1.54) is 52.8 Å². The Balaban J connectivity index is 1.62. The molecule has 2 amide bonds. The van der Waals surface area contributed by atoms with E-state index in [1.807, 2.05) is 0 Å². The van der Waals surface area contributed by atoms with Gasteiger partial charge in [0.25, 0.3) is 5.91 Å². The maximum absolute atomic E-state index is 13.0. The number of hydrogen-bond donors (Lipinski definition) is 2. The third-order valence-electron chi connectivity index (χ3n) is 4.60. The van der Waals surface area contributed by atoms with Crippen molar-refractivity contribution < 1.29 is 27.5 Å². The van der Waals surface area contributed by atoms with E-state index in [9.17, 15) is 22.8 Å². The van der Waals surface area contributed by atoms with Gasteiger partial charge >= 0.3 is 6.36 Å². The van der Waals surface area contributed by atoms with E-state index < -0.39 is 23.9 Å². The molecule has 0 radical (unpaired) electrons. The van der Waals surface area contributed by atoms with E-state index in [0.717, 1.165) is 12.1 Å². The van der Waals surface area contributed by atoms with Crippen LogP contribution in [0.3, 0.4) is 0 Å². The fourth-order valence-corrected chi connectivity index (χ4v) is 3.80. The summed E-state index contributed by atoms with van der Waals surface area (Å²) in [5.41, 5.74) is 6.58. The van der Waals surface area contributed by atoms with E-state index in [1.54, 1.807) is 18.5 Å². The Hall–Kier alpha value is -4.46. The Morgan fingerprint density at radius 1 is 1.03 bits per heavy atom. The first-order chi connectivity index (χ1) is 17.2. The number of nitrogens with zero attached hydrogens (tertiary/aromatic N) is 5. The van der Waals surface area contributed by atoms with Crippen molar-refractivity contribution in [2.24, 2.45) is 5.73 Å². The molecular formula is C22H16F3N7O3S. The molecule has 2 aromatic heterocycles. The molecule has 2 aromatic carbocycles. The number of rotatable bonds is 8. The van der Waals surface area contributed by atoms with E-state index in [2.05, 4.69) is 30.3 Å². The van der Waals surface area contributed by atoms with Crippen LogP contribution in [-0.2, 0) is 5.75 Å². The summed E-state index contributed by atoms with van der Waals surface area (Å²) in [6, 6.07) is 12.6. The van der Waals surface area contributed by atoms with Gasteiger partial charge in [-0.25, -0.2) is 14.6 Å². The zero-order valence-corrected chi connectivity index (χ0v) is 19.0. The Morgan fingerprint density at radius 2 is 1.69 bits per heavy atom. The molecule has 14 heteroatoms. The summed E-state index contributed by atoms with van der Waals surface area (Å²) in [5, 5.41) is 11.1. The molecule has 0 aliphatic heterocycles. The van der Waals surface area contributed by atoms with Gasteiger partial charge in [-0.1, -0.05) is 17.0 Å². The van der Waals surface area contributed by atoms with E-state index in [0.29, 0.717) is 22.2 Å². The predicted molar refractivity (Wildman–Crippen MR) is 123 cm³/mol. The lowest BCUT2D eigenvalue weighted by Gasteiger charge is -2.11. The molecule has 184 valence electrons. The minimum absolute atomic E-state index is 0.0203. The summed E-state index contributed by atoms with van der Waals surface area (Å²) in [6.45, 7) is 0. The monoisotopic (exact) mass is 515 g/mol. The number of carbonyl (C=O) groups is 2. The van der Waals surface area contributed by atoms with Gasteiger partial charge in [0.05, 0.1) is 11.4 Å². The smallest absolute Gasteiger partial charge is 0.406 e. The van der Waals surface area contributed by atoms with Crippen molar-refractivity contribution >= 4 is 29.3 Å². The van der Waals surface area contributed by atoms with Crippen LogP contribution in [0.4, 0.5) is 18.9 Å². The quantitative estimate of drug-likeness (QED) is 0.268. The van der Waals surface area contributed by atoms with Gasteiger partial charge in [0.1, 0.15) is 5.75 Å². The highest BCUT2D eigenvalue weighted by atomic mass is 32.2. The Labute approximate surface area is 205 Å². The summed E-state index contributed by atoms with van der Waals surface area (Å²) in [5.74, 6) is -1.43. The molecule has 4 aromatic rings. The van der Waals surface area contributed by atoms with Crippen LogP contribution in [0, 0.1) is 0 Å². The first-order valence-electron chi connectivity index (χ1n) is 10.1. The molecule has 0 unspecified atom stereocenters. The molecule has 0 aliphatic carbocycles. The predicted octanol–water partition coefficient (Wildman–Crippen LogP) is 3.60. The molecule has 2 heterocycles. The van der Waals surface area contributed by atoms with E-state index >= 15 is 0 Å². The van der Waals surface area contributed by atoms with E-state index in [4.69, 9.17) is 5.73 Å². The van der Waals surface area contributed by atoms with Crippen LogP contribution in [0.5, 0.6) is 5.75 Å². The van der Waals surface area contributed by atoms with Crippen LogP contribution in [0.2, 0.25) is 0 Å². The molecule has 36 heavy (non-hydrogen) atoms. The summed E-state index contributed by atoms with van der Waals surface area (Å²) >= 11 is 1.21. The molecule has 10 nitrogen and oxygen atoms in total. The Morgan fingerprint density at radius 3 is 2.31 bits per heavy atom. The van der Waals surface area contributed by atoms with Gasteiger partial charge in [0.2, 0.25) is 5.91 Å². The van der Waals surface area contributed by atoms with Crippen molar-refractivity contribution in [3.05, 3.63) is 83.9 Å². The number of benzene rings is 2. The third-order valence-corrected chi connectivity index (χ3v) is 5.49. The van der Waals surface area contributed by atoms with Gasteiger partial charge in [-0.2, -0.15) is 0 Å². The number of hydrogen-bond acceptors (Lipinski definition) is 8. The lowest BCUT2D eigenvalue weighted by atomic mass is 10.2.